The Morgan fingerprint density at radius 2 is 1.84 bits per heavy atom. The van der Waals surface area contributed by atoms with Crippen LogP contribution in [0.25, 0.3) is 5.69 Å². The number of benzene rings is 2. The van der Waals surface area contributed by atoms with Crippen LogP contribution < -0.4 is 0 Å². The molecule has 1 amide bonds. The molecule has 6 nitrogen and oxygen atoms in total. The van der Waals surface area contributed by atoms with Gasteiger partial charge in [0.25, 0.3) is 5.91 Å². The van der Waals surface area contributed by atoms with E-state index < -0.39 is 0 Å². The maximum Gasteiger partial charge on any atom is 0.257 e. The van der Waals surface area contributed by atoms with Gasteiger partial charge >= 0.3 is 0 Å². The Labute approximate surface area is 188 Å². The summed E-state index contributed by atoms with van der Waals surface area (Å²) in [5.74, 6) is -0.0233. The largest absolute Gasteiger partial charge is 0.379 e. The number of ether oxygens (including phenoxy) is 1. The van der Waals surface area contributed by atoms with E-state index in [1.165, 1.54) is 0 Å². The molecule has 0 saturated carbocycles. The quantitative estimate of drug-likeness (QED) is 0.561. The van der Waals surface area contributed by atoms with Gasteiger partial charge in [0.2, 0.25) is 0 Å². The highest BCUT2D eigenvalue weighted by atomic mass is 35.5. The molecule has 162 valence electrons. The van der Waals surface area contributed by atoms with E-state index in [1.807, 2.05) is 47.4 Å². The van der Waals surface area contributed by atoms with E-state index in [0.717, 1.165) is 44.1 Å². The Morgan fingerprint density at radius 3 is 2.55 bits per heavy atom. The normalized spacial score (nSPS) is 15.5. The van der Waals surface area contributed by atoms with Crippen LogP contribution in [0.4, 0.5) is 0 Å². The van der Waals surface area contributed by atoms with Gasteiger partial charge in [-0.05, 0) is 36.8 Å². The third kappa shape index (κ3) is 5.53. The van der Waals surface area contributed by atoms with E-state index in [1.54, 1.807) is 17.1 Å². The van der Waals surface area contributed by atoms with Crippen LogP contribution in [0.1, 0.15) is 22.8 Å². The van der Waals surface area contributed by atoms with Gasteiger partial charge in [-0.15, -0.1) is 0 Å². The number of carbonyl (C=O) groups is 1. The Balaban J connectivity index is 1.54. The molecule has 0 spiro atoms. The molecule has 1 aromatic heterocycles. The SMILES string of the molecule is CC(CN1CCOCC1)N(Cc1ccccc1)C(=O)c1cnn(-c2ccc(Cl)cc2)c1. The predicted octanol–water partition coefficient (Wildman–Crippen LogP) is 3.89. The lowest BCUT2D eigenvalue weighted by Crippen LogP contribution is -2.47. The van der Waals surface area contributed by atoms with Gasteiger partial charge in [0.15, 0.2) is 0 Å². The van der Waals surface area contributed by atoms with Crippen LogP contribution in [-0.4, -0.2) is 64.4 Å². The van der Waals surface area contributed by atoms with Gasteiger partial charge in [-0.2, -0.15) is 5.10 Å². The molecule has 4 rings (SSSR count). The fourth-order valence-corrected chi connectivity index (χ4v) is 3.92. The smallest absolute Gasteiger partial charge is 0.257 e. The molecule has 0 radical (unpaired) electrons. The standard InChI is InChI=1S/C24H27ClN4O2/c1-19(16-27-11-13-31-14-12-27)28(17-20-5-3-2-4-6-20)24(30)21-15-26-29(18-21)23-9-7-22(25)8-10-23/h2-10,15,18-19H,11-14,16-17H2,1H3. The van der Waals surface area contributed by atoms with Crippen molar-refractivity contribution in [1.82, 2.24) is 19.6 Å². The summed E-state index contributed by atoms with van der Waals surface area (Å²) in [7, 11) is 0. The predicted molar refractivity (Wildman–Crippen MR) is 122 cm³/mol. The van der Waals surface area contributed by atoms with Crippen molar-refractivity contribution in [3.63, 3.8) is 0 Å². The second-order valence-electron chi connectivity index (χ2n) is 7.83. The van der Waals surface area contributed by atoms with E-state index in [9.17, 15) is 4.79 Å². The Kier molecular flexibility index (Phi) is 7.02. The lowest BCUT2D eigenvalue weighted by atomic mass is 10.1. The van der Waals surface area contributed by atoms with Crippen molar-refractivity contribution in [3.05, 3.63) is 83.1 Å². The highest BCUT2D eigenvalue weighted by molar-refractivity contribution is 6.30. The first-order chi connectivity index (χ1) is 15.1. The fourth-order valence-electron chi connectivity index (χ4n) is 3.80. The molecular weight excluding hydrogens is 412 g/mol. The molecule has 1 fully saturated rings. The molecule has 1 atom stereocenters. The van der Waals surface area contributed by atoms with E-state index in [4.69, 9.17) is 16.3 Å². The Hall–Kier alpha value is -2.67. The van der Waals surface area contributed by atoms with Crippen LogP contribution in [0.3, 0.4) is 0 Å². The van der Waals surface area contributed by atoms with E-state index >= 15 is 0 Å². The van der Waals surface area contributed by atoms with Crippen molar-refractivity contribution in [2.24, 2.45) is 0 Å². The minimum atomic E-state index is -0.0233. The lowest BCUT2D eigenvalue weighted by Gasteiger charge is -2.35. The van der Waals surface area contributed by atoms with Crippen molar-refractivity contribution in [1.29, 1.82) is 0 Å². The summed E-state index contributed by atoms with van der Waals surface area (Å²) >= 11 is 5.99. The number of rotatable bonds is 7. The average Bonchev–Trinajstić information content (AvgIpc) is 3.29. The first kappa shape index (κ1) is 21.6. The zero-order chi connectivity index (χ0) is 21.6. The molecule has 2 aromatic carbocycles. The summed E-state index contributed by atoms with van der Waals surface area (Å²) in [6.45, 7) is 6.75. The second kappa shape index (κ2) is 10.1. The highest BCUT2D eigenvalue weighted by Gasteiger charge is 2.25. The van der Waals surface area contributed by atoms with Gasteiger partial charge in [0.05, 0.1) is 30.7 Å². The topological polar surface area (TPSA) is 50.6 Å². The summed E-state index contributed by atoms with van der Waals surface area (Å²) in [6, 6.07) is 17.5. The first-order valence-electron chi connectivity index (χ1n) is 10.6. The third-order valence-electron chi connectivity index (χ3n) is 5.54. The number of hydrogen-bond donors (Lipinski definition) is 0. The average molecular weight is 439 g/mol. The van der Waals surface area contributed by atoms with Gasteiger partial charge in [0, 0.05) is 43.4 Å². The van der Waals surface area contributed by atoms with Crippen molar-refractivity contribution in [2.45, 2.75) is 19.5 Å². The van der Waals surface area contributed by atoms with Gasteiger partial charge in [0.1, 0.15) is 0 Å². The van der Waals surface area contributed by atoms with E-state index in [-0.39, 0.29) is 11.9 Å². The van der Waals surface area contributed by atoms with Crippen LogP contribution in [0.15, 0.2) is 67.0 Å². The van der Waals surface area contributed by atoms with Crippen molar-refractivity contribution < 1.29 is 9.53 Å². The summed E-state index contributed by atoms with van der Waals surface area (Å²) in [5.41, 5.74) is 2.54. The minimum absolute atomic E-state index is 0.0233. The molecule has 3 aromatic rings. The Bertz CT molecular complexity index is 984. The highest BCUT2D eigenvalue weighted by Crippen LogP contribution is 2.17. The molecule has 1 unspecified atom stereocenters. The van der Waals surface area contributed by atoms with Crippen LogP contribution in [0, 0.1) is 0 Å². The van der Waals surface area contributed by atoms with Gasteiger partial charge in [-0.3, -0.25) is 9.69 Å². The number of nitrogens with zero attached hydrogens (tertiary/aromatic N) is 4. The molecule has 2 heterocycles. The van der Waals surface area contributed by atoms with Gasteiger partial charge in [-0.1, -0.05) is 41.9 Å². The zero-order valence-electron chi connectivity index (χ0n) is 17.7. The number of aromatic nitrogens is 2. The molecular formula is C24H27ClN4O2. The molecule has 1 aliphatic heterocycles. The minimum Gasteiger partial charge on any atom is -0.379 e. The molecule has 1 saturated heterocycles. The molecule has 0 bridgehead atoms. The summed E-state index contributed by atoms with van der Waals surface area (Å²) < 4.78 is 7.17. The van der Waals surface area contributed by atoms with Crippen molar-refractivity contribution in [3.8, 4) is 5.69 Å². The third-order valence-corrected chi connectivity index (χ3v) is 5.79. The van der Waals surface area contributed by atoms with Crippen LogP contribution >= 0.6 is 11.6 Å². The number of hydrogen-bond acceptors (Lipinski definition) is 4. The zero-order valence-corrected chi connectivity index (χ0v) is 18.4. The summed E-state index contributed by atoms with van der Waals surface area (Å²) in [4.78, 5) is 17.8. The number of amides is 1. The molecule has 0 aliphatic carbocycles. The lowest BCUT2D eigenvalue weighted by molar-refractivity contribution is 0.0228. The number of halogens is 1. The number of carbonyl (C=O) groups excluding carboxylic acids is 1. The second-order valence-corrected chi connectivity index (χ2v) is 8.27. The maximum absolute atomic E-state index is 13.5. The van der Waals surface area contributed by atoms with Gasteiger partial charge in [-0.25, -0.2) is 4.68 Å². The maximum atomic E-state index is 13.5. The van der Waals surface area contributed by atoms with Gasteiger partial charge < -0.3 is 9.64 Å². The summed E-state index contributed by atoms with van der Waals surface area (Å²) in [6.07, 6.45) is 3.42. The van der Waals surface area contributed by atoms with E-state index in [2.05, 4.69) is 29.1 Å². The van der Waals surface area contributed by atoms with E-state index in [0.29, 0.717) is 17.1 Å². The summed E-state index contributed by atoms with van der Waals surface area (Å²) in [5, 5.41) is 5.07. The van der Waals surface area contributed by atoms with Crippen LogP contribution in [-0.2, 0) is 11.3 Å². The fraction of sp³-hybridized carbons (Fsp3) is 0.333. The van der Waals surface area contributed by atoms with Crippen LogP contribution in [0.5, 0.6) is 0 Å². The molecule has 1 aliphatic rings. The Morgan fingerprint density at radius 1 is 1.13 bits per heavy atom. The molecule has 7 heteroatoms. The number of morpholine rings is 1. The van der Waals surface area contributed by atoms with Crippen LogP contribution in [0.2, 0.25) is 5.02 Å². The van der Waals surface area contributed by atoms with Crippen molar-refractivity contribution in [2.75, 3.05) is 32.8 Å². The first-order valence-corrected chi connectivity index (χ1v) is 10.9. The molecule has 0 N–H and O–H groups in total. The molecule has 31 heavy (non-hydrogen) atoms. The monoisotopic (exact) mass is 438 g/mol. The van der Waals surface area contributed by atoms with Crippen molar-refractivity contribution >= 4 is 17.5 Å².